The average Bonchev–Trinajstić information content (AvgIpc) is 2.39. The number of benzene rings is 2. The first-order chi connectivity index (χ1) is 9.24. The van der Waals surface area contributed by atoms with Crippen LogP contribution < -0.4 is 4.90 Å². The maximum absolute atomic E-state index is 3.74. The van der Waals surface area contributed by atoms with E-state index >= 15 is 0 Å². The number of rotatable bonds is 2. The molecule has 0 saturated carbocycles. The zero-order valence-electron chi connectivity index (χ0n) is 11.2. The Bertz CT molecular complexity index is 577. The van der Waals surface area contributed by atoms with Crippen LogP contribution in [-0.4, -0.2) is 6.54 Å². The fourth-order valence-electron chi connectivity index (χ4n) is 2.89. The summed E-state index contributed by atoms with van der Waals surface area (Å²) in [6.07, 6.45) is 2.44. The highest BCUT2D eigenvalue weighted by Gasteiger charge is 2.19. The second kappa shape index (κ2) is 5.38. The van der Waals surface area contributed by atoms with Gasteiger partial charge in [-0.05, 0) is 58.5 Å². The van der Waals surface area contributed by atoms with E-state index in [0.29, 0.717) is 0 Å². The third kappa shape index (κ3) is 2.69. The summed E-state index contributed by atoms with van der Waals surface area (Å²) in [5.74, 6) is 0. The lowest BCUT2D eigenvalue weighted by Crippen LogP contribution is -2.29. The number of anilines is 1. The van der Waals surface area contributed by atoms with Gasteiger partial charge in [0, 0.05) is 17.6 Å². The van der Waals surface area contributed by atoms with Crippen LogP contribution >= 0.6 is 15.9 Å². The average molecular weight is 316 g/mol. The molecule has 1 aliphatic rings. The minimum atomic E-state index is 0.996. The number of halogens is 1. The van der Waals surface area contributed by atoms with Crippen molar-refractivity contribution in [2.45, 2.75) is 26.3 Å². The smallest absolute Gasteiger partial charge is 0.0546 e. The highest BCUT2D eigenvalue weighted by molar-refractivity contribution is 9.10. The zero-order valence-corrected chi connectivity index (χ0v) is 12.8. The quantitative estimate of drug-likeness (QED) is 0.775. The monoisotopic (exact) mass is 315 g/mol. The third-order valence-electron chi connectivity index (χ3n) is 3.69. The summed E-state index contributed by atoms with van der Waals surface area (Å²) in [4.78, 5) is 2.50. The molecule has 0 aromatic heterocycles. The van der Waals surface area contributed by atoms with E-state index in [1.165, 1.54) is 39.7 Å². The van der Waals surface area contributed by atoms with Crippen LogP contribution in [0.4, 0.5) is 5.69 Å². The first kappa shape index (κ1) is 12.7. The van der Waals surface area contributed by atoms with Crippen molar-refractivity contribution in [3.05, 3.63) is 63.6 Å². The summed E-state index contributed by atoms with van der Waals surface area (Å²) in [5, 5.41) is 0. The predicted molar refractivity (Wildman–Crippen MR) is 84.7 cm³/mol. The fourth-order valence-corrected chi connectivity index (χ4v) is 3.75. The molecule has 0 saturated heterocycles. The molecular weight excluding hydrogens is 298 g/mol. The van der Waals surface area contributed by atoms with Crippen molar-refractivity contribution in [1.82, 2.24) is 0 Å². The van der Waals surface area contributed by atoms with E-state index in [1.54, 1.807) is 0 Å². The Morgan fingerprint density at radius 3 is 2.74 bits per heavy atom. The number of nitrogens with zero attached hydrogens (tertiary/aromatic N) is 1. The third-order valence-corrected chi connectivity index (χ3v) is 4.30. The van der Waals surface area contributed by atoms with E-state index < -0.39 is 0 Å². The van der Waals surface area contributed by atoms with Gasteiger partial charge in [-0.1, -0.05) is 36.4 Å². The summed E-state index contributed by atoms with van der Waals surface area (Å²) in [7, 11) is 0. The molecule has 0 atom stereocenters. The second-order valence-electron chi connectivity index (χ2n) is 5.27. The molecule has 98 valence electrons. The van der Waals surface area contributed by atoms with Gasteiger partial charge in [0.2, 0.25) is 0 Å². The van der Waals surface area contributed by atoms with Crippen LogP contribution in [0.5, 0.6) is 0 Å². The lowest BCUT2D eigenvalue weighted by molar-refractivity contribution is 0.689. The number of aryl methyl sites for hydroxylation is 2. The normalized spacial score (nSPS) is 14.3. The van der Waals surface area contributed by atoms with Crippen molar-refractivity contribution in [2.24, 2.45) is 0 Å². The van der Waals surface area contributed by atoms with Crippen LogP contribution in [0.1, 0.15) is 23.1 Å². The van der Waals surface area contributed by atoms with Crippen LogP contribution in [0.2, 0.25) is 0 Å². The van der Waals surface area contributed by atoms with Crippen molar-refractivity contribution in [2.75, 3.05) is 11.4 Å². The summed E-state index contributed by atoms with van der Waals surface area (Å²) in [6, 6.07) is 15.3. The Morgan fingerprint density at radius 2 is 1.95 bits per heavy atom. The van der Waals surface area contributed by atoms with Gasteiger partial charge in [-0.15, -0.1) is 0 Å². The largest absolute Gasteiger partial charge is 0.366 e. The molecule has 19 heavy (non-hydrogen) atoms. The highest BCUT2D eigenvalue weighted by atomic mass is 79.9. The molecule has 0 unspecified atom stereocenters. The molecule has 1 heterocycles. The summed E-state index contributed by atoms with van der Waals surface area (Å²) >= 11 is 3.74. The van der Waals surface area contributed by atoms with Gasteiger partial charge in [0.05, 0.1) is 5.69 Å². The standard InChI is InChI=1S/C17H18BrN/c1-13-10-15-8-5-9-19(17(15)16(18)11-13)12-14-6-3-2-4-7-14/h2-4,6-7,10-11H,5,8-9,12H2,1H3. The van der Waals surface area contributed by atoms with Crippen molar-refractivity contribution in [1.29, 1.82) is 0 Å². The molecule has 1 aliphatic heterocycles. The van der Waals surface area contributed by atoms with Crippen LogP contribution in [0.25, 0.3) is 0 Å². The Morgan fingerprint density at radius 1 is 1.16 bits per heavy atom. The molecule has 0 amide bonds. The Labute approximate surface area is 123 Å². The Hall–Kier alpha value is -1.28. The maximum atomic E-state index is 3.74. The summed E-state index contributed by atoms with van der Waals surface area (Å²) < 4.78 is 1.23. The molecule has 2 aromatic carbocycles. The first-order valence-electron chi connectivity index (χ1n) is 6.82. The van der Waals surface area contributed by atoms with Crippen molar-refractivity contribution >= 4 is 21.6 Å². The second-order valence-corrected chi connectivity index (χ2v) is 6.12. The SMILES string of the molecule is Cc1cc(Br)c2c(c1)CCCN2Cc1ccccc1. The van der Waals surface area contributed by atoms with E-state index in [0.717, 1.165) is 13.1 Å². The first-order valence-corrected chi connectivity index (χ1v) is 7.61. The molecule has 0 fully saturated rings. The molecule has 0 N–H and O–H groups in total. The van der Waals surface area contributed by atoms with E-state index in [1.807, 2.05) is 0 Å². The van der Waals surface area contributed by atoms with E-state index in [4.69, 9.17) is 0 Å². The Balaban J connectivity index is 1.94. The van der Waals surface area contributed by atoms with E-state index in [9.17, 15) is 0 Å². The van der Waals surface area contributed by atoms with Gasteiger partial charge in [-0.2, -0.15) is 0 Å². The lowest BCUT2D eigenvalue weighted by atomic mass is 9.99. The van der Waals surface area contributed by atoms with Gasteiger partial charge >= 0.3 is 0 Å². The van der Waals surface area contributed by atoms with Gasteiger partial charge in [0.1, 0.15) is 0 Å². The van der Waals surface area contributed by atoms with Gasteiger partial charge in [-0.25, -0.2) is 0 Å². The zero-order chi connectivity index (χ0) is 13.2. The van der Waals surface area contributed by atoms with Gasteiger partial charge in [0.25, 0.3) is 0 Å². The van der Waals surface area contributed by atoms with Crippen LogP contribution in [0.3, 0.4) is 0 Å². The molecule has 1 nitrogen and oxygen atoms in total. The molecule has 0 bridgehead atoms. The van der Waals surface area contributed by atoms with Crippen molar-refractivity contribution in [3.8, 4) is 0 Å². The number of fused-ring (bicyclic) bond motifs is 1. The van der Waals surface area contributed by atoms with Crippen LogP contribution in [0, 0.1) is 6.92 Å². The number of hydrogen-bond acceptors (Lipinski definition) is 1. The fraction of sp³-hybridized carbons (Fsp3) is 0.294. The van der Waals surface area contributed by atoms with Crippen molar-refractivity contribution < 1.29 is 0 Å². The summed E-state index contributed by atoms with van der Waals surface area (Å²) in [5.41, 5.74) is 5.59. The maximum Gasteiger partial charge on any atom is 0.0546 e. The van der Waals surface area contributed by atoms with Crippen LogP contribution in [0.15, 0.2) is 46.9 Å². The van der Waals surface area contributed by atoms with Crippen molar-refractivity contribution in [3.63, 3.8) is 0 Å². The molecule has 0 radical (unpaired) electrons. The molecule has 3 rings (SSSR count). The highest BCUT2D eigenvalue weighted by Crippen LogP contribution is 2.36. The molecule has 2 heteroatoms. The number of hydrogen-bond donors (Lipinski definition) is 0. The topological polar surface area (TPSA) is 3.24 Å². The van der Waals surface area contributed by atoms with Gasteiger partial charge in [0.15, 0.2) is 0 Å². The molecule has 2 aromatic rings. The minimum Gasteiger partial charge on any atom is -0.366 e. The Kier molecular flexibility index (Phi) is 3.61. The van der Waals surface area contributed by atoms with Gasteiger partial charge < -0.3 is 4.90 Å². The van der Waals surface area contributed by atoms with E-state index in [-0.39, 0.29) is 0 Å². The van der Waals surface area contributed by atoms with Crippen LogP contribution in [-0.2, 0) is 13.0 Å². The van der Waals surface area contributed by atoms with E-state index in [2.05, 4.69) is 70.2 Å². The minimum absolute atomic E-state index is 0.996. The summed E-state index contributed by atoms with van der Waals surface area (Å²) in [6.45, 7) is 4.31. The molecule has 0 spiro atoms. The predicted octanol–water partition coefficient (Wildman–Crippen LogP) is 4.71. The molecule has 0 aliphatic carbocycles. The van der Waals surface area contributed by atoms with Gasteiger partial charge in [-0.3, -0.25) is 0 Å². The molecular formula is C17H18BrN. The lowest BCUT2D eigenvalue weighted by Gasteiger charge is -2.32.